The van der Waals surface area contributed by atoms with Crippen LogP contribution in [0.2, 0.25) is 0 Å². The molecule has 0 aliphatic carbocycles. The van der Waals surface area contributed by atoms with Gasteiger partial charge in [-0.3, -0.25) is 4.90 Å². The van der Waals surface area contributed by atoms with Gasteiger partial charge >= 0.3 is 0 Å². The molecule has 2 aromatic rings. The lowest BCUT2D eigenvalue weighted by Crippen LogP contribution is -2.17. The summed E-state index contributed by atoms with van der Waals surface area (Å²) in [7, 11) is 2.06. The van der Waals surface area contributed by atoms with Gasteiger partial charge < -0.3 is 4.74 Å². The van der Waals surface area contributed by atoms with E-state index in [1.165, 1.54) is 5.56 Å². The fourth-order valence-corrected chi connectivity index (χ4v) is 2.28. The van der Waals surface area contributed by atoms with Crippen LogP contribution >= 0.6 is 0 Å². The molecular formula is C18H20N2O. The highest BCUT2D eigenvalue weighted by molar-refractivity contribution is 5.37. The molecule has 0 saturated carbocycles. The predicted molar refractivity (Wildman–Crippen MR) is 83.9 cm³/mol. The molecule has 0 aliphatic rings. The summed E-state index contributed by atoms with van der Waals surface area (Å²) in [5.74, 6) is 0.902. The molecular weight excluding hydrogens is 260 g/mol. The third-order valence-corrected chi connectivity index (χ3v) is 3.26. The van der Waals surface area contributed by atoms with Gasteiger partial charge in [0.15, 0.2) is 0 Å². The van der Waals surface area contributed by atoms with Gasteiger partial charge in [0.05, 0.1) is 18.2 Å². The molecule has 3 nitrogen and oxygen atoms in total. The molecule has 0 heterocycles. The Balaban J connectivity index is 1.98. The molecule has 0 atom stereocenters. The van der Waals surface area contributed by atoms with Crippen LogP contribution < -0.4 is 4.74 Å². The van der Waals surface area contributed by atoms with Crippen LogP contribution in [-0.2, 0) is 13.1 Å². The molecule has 0 N–H and O–H groups in total. The quantitative estimate of drug-likeness (QED) is 0.811. The zero-order valence-corrected chi connectivity index (χ0v) is 12.5. The van der Waals surface area contributed by atoms with E-state index in [-0.39, 0.29) is 0 Å². The summed E-state index contributed by atoms with van der Waals surface area (Å²) in [6, 6.07) is 18.1. The summed E-state index contributed by atoms with van der Waals surface area (Å²) in [4.78, 5) is 2.20. The van der Waals surface area contributed by atoms with Gasteiger partial charge in [-0.15, -0.1) is 0 Å². The number of nitriles is 1. The van der Waals surface area contributed by atoms with Crippen molar-refractivity contribution in [1.29, 1.82) is 5.26 Å². The van der Waals surface area contributed by atoms with Crippen LogP contribution in [-0.4, -0.2) is 18.6 Å². The lowest BCUT2D eigenvalue weighted by atomic mass is 10.1. The molecule has 2 rings (SSSR count). The van der Waals surface area contributed by atoms with Crippen molar-refractivity contribution in [3.8, 4) is 11.8 Å². The van der Waals surface area contributed by atoms with Gasteiger partial charge in [-0.2, -0.15) is 5.26 Å². The number of hydrogen-bond acceptors (Lipinski definition) is 3. The Kier molecular flexibility index (Phi) is 5.36. The average molecular weight is 280 g/mol. The lowest BCUT2D eigenvalue weighted by Gasteiger charge is -2.17. The molecule has 0 spiro atoms. The van der Waals surface area contributed by atoms with Crippen molar-refractivity contribution in [3.63, 3.8) is 0 Å². The smallest absolute Gasteiger partial charge is 0.119 e. The molecule has 0 unspecified atom stereocenters. The maximum absolute atomic E-state index is 9.12. The first-order valence-electron chi connectivity index (χ1n) is 7.11. The van der Waals surface area contributed by atoms with E-state index in [9.17, 15) is 0 Å². The molecule has 3 heteroatoms. The number of rotatable bonds is 6. The van der Waals surface area contributed by atoms with Crippen molar-refractivity contribution in [2.75, 3.05) is 13.7 Å². The van der Waals surface area contributed by atoms with E-state index >= 15 is 0 Å². The molecule has 0 amide bonds. The van der Waals surface area contributed by atoms with Crippen molar-refractivity contribution >= 4 is 0 Å². The van der Waals surface area contributed by atoms with Crippen LogP contribution in [0.1, 0.15) is 23.6 Å². The minimum atomic E-state index is 0.685. The first-order chi connectivity index (χ1) is 10.2. The maximum Gasteiger partial charge on any atom is 0.119 e. The van der Waals surface area contributed by atoms with Crippen LogP contribution in [0.15, 0.2) is 48.5 Å². The molecule has 0 aromatic heterocycles. The molecule has 21 heavy (non-hydrogen) atoms. The third kappa shape index (κ3) is 4.34. The highest BCUT2D eigenvalue weighted by atomic mass is 16.5. The Morgan fingerprint density at radius 2 is 1.76 bits per heavy atom. The van der Waals surface area contributed by atoms with Crippen LogP contribution in [0.3, 0.4) is 0 Å². The number of ether oxygens (including phenoxy) is 1. The molecule has 0 saturated heterocycles. The first kappa shape index (κ1) is 15.1. The Morgan fingerprint density at radius 3 is 2.43 bits per heavy atom. The lowest BCUT2D eigenvalue weighted by molar-refractivity contribution is 0.317. The zero-order valence-electron chi connectivity index (χ0n) is 12.5. The Hall–Kier alpha value is -2.31. The standard InChI is InChI=1S/C18H20N2O/c1-3-21-18-10-8-15(9-11-18)13-20(2)14-17-7-5-4-6-16(17)12-19/h4-11H,3,13-14H2,1-2H3. The second kappa shape index (κ2) is 7.47. The van der Waals surface area contributed by atoms with Crippen molar-refractivity contribution in [3.05, 3.63) is 65.2 Å². The van der Waals surface area contributed by atoms with Gasteiger partial charge in [-0.05, 0) is 43.3 Å². The maximum atomic E-state index is 9.12. The Bertz CT molecular complexity index is 614. The van der Waals surface area contributed by atoms with Crippen LogP contribution in [0.25, 0.3) is 0 Å². The fraction of sp³-hybridized carbons (Fsp3) is 0.278. The first-order valence-corrected chi connectivity index (χ1v) is 7.11. The van der Waals surface area contributed by atoms with E-state index in [4.69, 9.17) is 10.00 Å². The van der Waals surface area contributed by atoms with Crippen molar-refractivity contribution in [1.82, 2.24) is 4.90 Å². The van der Waals surface area contributed by atoms with Gasteiger partial charge in [0.25, 0.3) is 0 Å². The van der Waals surface area contributed by atoms with E-state index in [1.807, 2.05) is 43.3 Å². The minimum Gasteiger partial charge on any atom is -0.494 e. The van der Waals surface area contributed by atoms with E-state index in [1.54, 1.807) is 0 Å². The molecule has 2 aromatic carbocycles. The second-order valence-electron chi connectivity index (χ2n) is 5.02. The van der Waals surface area contributed by atoms with E-state index in [0.717, 1.165) is 30.0 Å². The summed E-state index contributed by atoms with van der Waals surface area (Å²) in [5, 5.41) is 9.12. The Labute approximate surface area is 126 Å². The predicted octanol–water partition coefficient (Wildman–Crippen LogP) is 3.59. The van der Waals surface area contributed by atoms with E-state index in [0.29, 0.717) is 6.61 Å². The van der Waals surface area contributed by atoms with Crippen LogP contribution in [0, 0.1) is 11.3 Å². The monoisotopic (exact) mass is 280 g/mol. The van der Waals surface area contributed by atoms with Gasteiger partial charge in [-0.25, -0.2) is 0 Å². The fourth-order valence-electron chi connectivity index (χ4n) is 2.28. The molecule has 0 radical (unpaired) electrons. The highest BCUT2D eigenvalue weighted by Crippen LogP contribution is 2.15. The number of nitrogens with zero attached hydrogens (tertiary/aromatic N) is 2. The SMILES string of the molecule is CCOc1ccc(CN(C)Cc2ccccc2C#N)cc1. The van der Waals surface area contributed by atoms with E-state index < -0.39 is 0 Å². The largest absolute Gasteiger partial charge is 0.494 e. The number of hydrogen-bond donors (Lipinski definition) is 0. The van der Waals surface area contributed by atoms with Crippen molar-refractivity contribution in [2.24, 2.45) is 0 Å². The second-order valence-corrected chi connectivity index (χ2v) is 5.02. The summed E-state index contributed by atoms with van der Waals surface area (Å²) in [5.41, 5.74) is 3.04. The summed E-state index contributed by atoms with van der Waals surface area (Å²) in [6.45, 7) is 4.27. The summed E-state index contributed by atoms with van der Waals surface area (Å²) >= 11 is 0. The molecule has 0 fully saturated rings. The van der Waals surface area contributed by atoms with Crippen molar-refractivity contribution < 1.29 is 4.74 Å². The summed E-state index contributed by atoms with van der Waals surface area (Å²) < 4.78 is 5.44. The molecule has 108 valence electrons. The van der Waals surface area contributed by atoms with Crippen molar-refractivity contribution in [2.45, 2.75) is 20.0 Å². The van der Waals surface area contributed by atoms with Gasteiger partial charge in [0, 0.05) is 13.1 Å². The average Bonchev–Trinajstić information content (AvgIpc) is 2.50. The van der Waals surface area contributed by atoms with Gasteiger partial charge in [-0.1, -0.05) is 30.3 Å². The van der Waals surface area contributed by atoms with Gasteiger partial charge in [0.1, 0.15) is 5.75 Å². The summed E-state index contributed by atoms with van der Waals surface area (Å²) in [6.07, 6.45) is 0. The Morgan fingerprint density at radius 1 is 1.05 bits per heavy atom. The third-order valence-electron chi connectivity index (χ3n) is 3.26. The minimum absolute atomic E-state index is 0.685. The van der Waals surface area contributed by atoms with E-state index in [2.05, 4.69) is 30.1 Å². The van der Waals surface area contributed by atoms with Crippen LogP contribution in [0.4, 0.5) is 0 Å². The van der Waals surface area contributed by atoms with Gasteiger partial charge in [0.2, 0.25) is 0 Å². The topological polar surface area (TPSA) is 36.3 Å². The normalized spacial score (nSPS) is 10.4. The molecule has 0 aliphatic heterocycles. The molecule has 0 bridgehead atoms. The zero-order chi connectivity index (χ0) is 15.1. The highest BCUT2D eigenvalue weighted by Gasteiger charge is 2.06. The van der Waals surface area contributed by atoms with Crippen LogP contribution in [0.5, 0.6) is 5.75 Å². The number of benzene rings is 2.